The SMILES string of the molecule is O=c1c2ccccc2cnn1CCNS(=O)(=O)Cc1ccc(Cl)cc1F. The van der Waals surface area contributed by atoms with Crippen LogP contribution in [0.2, 0.25) is 5.02 Å². The molecule has 0 aliphatic carbocycles. The van der Waals surface area contributed by atoms with Gasteiger partial charge in [0.2, 0.25) is 10.0 Å². The summed E-state index contributed by atoms with van der Waals surface area (Å²) in [5, 5.41) is 5.44. The number of aromatic nitrogens is 2. The number of nitrogens with one attached hydrogen (secondary N) is 1. The Hall–Kier alpha value is -2.29. The van der Waals surface area contributed by atoms with Crippen LogP contribution in [0.4, 0.5) is 4.39 Å². The average molecular weight is 396 g/mol. The highest BCUT2D eigenvalue weighted by Crippen LogP contribution is 2.16. The summed E-state index contributed by atoms with van der Waals surface area (Å²) in [4.78, 5) is 12.3. The van der Waals surface area contributed by atoms with Crippen molar-refractivity contribution in [3.8, 4) is 0 Å². The predicted molar refractivity (Wildman–Crippen MR) is 98.0 cm³/mol. The summed E-state index contributed by atoms with van der Waals surface area (Å²) in [6.45, 7) is 0.0226. The molecule has 2 aromatic carbocycles. The molecule has 136 valence electrons. The van der Waals surface area contributed by atoms with Crippen LogP contribution < -0.4 is 10.3 Å². The summed E-state index contributed by atoms with van der Waals surface area (Å²) in [5.74, 6) is -1.20. The number of rotatable bonds is 6. The molecule has 3 rings (SSSR count). The maximum Gasteiger partial charge on any atom is 0.274 e. The van der Waals surface area contributed by atoms with Crippen LogP contribution in [0.5, 0.6) is 0 Å². The second kappa shape index (κ2) is 7.53. The lowest BCUT2D eigenvalue weighted by Gasteiger charge is -2.09. The van der Waals surface area contributed by atoms with Crippen LogP contribution >= 0.6 is 11.6 Å². The second-order valence-corrected chi connectivity index (χ2v) is 7.89. The first-order chi connectivity index (χ1) is 12.4. The zero-order chi connectivity index (χ0) is 18.7. The van der Waals surface area contributed by atoms with E-state index in [1.54, 1.807) is 30.5 Å². The first-order valence-corrected chi connectivity index (χ1v) is 9.75. The molecular weight excluding hydrogens is 381 g/mol. The molecule has 0 saturated carbocycles. The van der Waals surface area contributed by atoms with E-state index < -0.39 is 21.6 Å². The molecule has 1 heterocycles. The van der Waals surface area contributed by atoms with Crippen LogP contribution in [0.3, 0.4) is 0 Å². The highest BCUT2D eigenvalue weighted by molar-refractivity contribution is 7.88. The van der Waals surface area contributed by atoms with E-state index in [4.69, 9.17) is 11.6 Å². The molecule has 0 saturated heterocycles. The van der Waals surface area contributed by atoms with Crippen molar-refractivity contribution in [3.05, 3.63) is 75.4 Å². The van der Waals surface area contributed by atoms with Gasteiger partial charge in [0.25, 0.3) is 5.56 Å². The molecule has 0 radical (unpaired) electrons. The van der Waals surface area contributed by atoms with Crippen molar-refractivity contribution >= 4 is 32.4 Å². The molecule has 0 atom stereocenters. The van der Waals surface area contributed by atoms with E-state index in [1.807, 2.05) is 0 Å². The average Bonchev–Trinajstić information content (AvgIpc) is 2.59. The number of halogens is 2. The lowest BCUT2D eigenvalue weighted by atomic mass is 10.2. The largest absolute Gasteiger partial charge is 0.274 e. The van der Waals surface area contributed by atoms with E-state index in [-0.39, 0.29) is 29.2 Å². The van der Waals surface area contributed by atoms with Gasteiger partial charge in [-0.3, -0.25) is 4.79 Å². The third-order valence-electron chi connectivity index (χ3n) is 3.77. The van der Waals surface area contributed by atoms with Gasteiger partial charge < -0.3 is 0 Å². The van der Waals surface area contributed by atoms with Gasteiger partial charge in [-0.25, -0.2) is 22.2 Å². The molecule has 3 aromatic rings. The van der Waals surface area contributed by atoms with Gasteiger partial charge in [0.15, 0.2) is 0 Å². The van der Waals surface area contributed by atoms with Crippen molar-refractivity contribution in [1.29, 1.82) is 0 Å². The third kappa shape index (κ3) is 4.27. The van der Waals surface area contributed by atoms with E-state index in [9.17, 15) is 17.6 Å². The van der Waals surface area contributed by atoms with Crippen molar-refractivity contribution in [2.24, 2.45) is 0 Å². The highest BCUT2D eigenvalue weighted by Gasteiger charge is 2.15. The standard InChI is InChI=1S/C17H15ClFN3O3S/c18-14-6-5-13(16(19)9-14)11-26(24,25)21-7-8-22-17(23)15-4-2-1-3-12(15)10-20-22/h1-6,9-10,21H,7-8,11H2. The molecule has 0 amide bonds. The summed E-state index contributed by atoms with van der Waals surface area (Å²) in [6, 6.07) is 10.8. The molecule has 0 bridgehead atoms. The van der Waals surface area contributed by atoms with Gasteiger partial charge in [0.05, 0.1) is 23.9 Å². The topological polar surface area (TPSA) is 81.1 Å². The minimum atomic E-state index is -3.77. The lowest BCUT2D eigenvalue weighted by Crippen LogP contribution is -2.32. The van der Waals surface area contributed by atoms with E-state index >= 15 is 0 Å². The molecule has 1 N–H and O–H groups in total. The Morgan fingerprint density at radius 3 is 2.73 bits per heavy atom. The van der Waals surface area contributed by atoms with Gasteiger partial charge in [-0.1, -0.05) is 35.9 Å². The van der Waals surface area contributed by atoms with E-state index in [1.165, 1.54) is 16.8 Å². The Morgan fingerprint density at radius 2 is 1.96 bits per heavy atom. The van der Waals surface area contributed by atoms with E-state index in [2.05, 4.69) is 9.82 Å². The maximum atomic E-state index is 13.7. The van der Waals surface area contributed by atoms with Gasteiger partial charge in [-0.2, -0.15) is 5.10 Å². The molecule has 0 fully saturated rings. The zero-order valence-electron chi connectivity index (χ0n) is 13.5. The first-order valence-electron chi connectivity index (χ1n) is 7.72. The second-order valence-electron chi connectivity index (χ2n) is 5.65. The Kier molecular flexibility index (Phi) is 5.36. The summed E-state index contributed by atoms with van der Waals surface area (Å²) in [5.41, 5.74) is -0.283. The van der Waals surface area contributed by atoms with Crippen LogP contribution in [0, 0.1) is 5.82 Å². The van der Waals surface area contributed by atoms with Gasteiger partial charge in [-0.15, -0.1) is 0 Å². The van der Waals surface area contributed by atoms with Crippen molar-refractivity contribution in [2.45, 2.75) is 12.3 Å². The Balaban J connectivity index is 1.67. The fourth-order valence-electron chi connectivity index (χ4n) is 2.49. The number of sulfonamides is 1. The molecule has 0 aliphatic rings. The summed E-state index contributed by atoms with van der Waals surface area (Å²) in [6.07, 6.45) is 1.55. The van der Waals surface area contributed by atoms with Crippen LogP contribution in [0.1, 0.15) is 5.56 Å². The van der Waals surface area contributed by atoms with Gasteiger partial charge >= 0.3 is 0 Å². The quantitative estimate of drug-likeness (QED) is 0.694. The van der Waals surface area contributed by atoms with Crippen LogP contribution in [-0.2, 0) is 22.3 Å². The Labute approximate surface area is 154 Å². The minimum absolute atomic E-state index is 0.0166. The van der Waals surface area contributed by atoms with Crippen molar-refractivity contribution in [2.75, 3.05) is 6.54 Å². The number of benzene rings is 2. The first kappa shape index (κ1) is 18.5. The molecule has 26 heavy (non-hydrogen) atoms. The van der Waals surface area contributed by atoms with Crippen molar-refractivity contribution < 1.29 is 12.8 Å². The highest BCUT2D eigenvalue weighted by atomic mass is 35.5. The molecule has 6 nitrogen and oxygen atoms in total. The minimum Gasteiger partial charge on any atom is -0.267 e. The van der Waals surface area contributed by atoms with Gasteiger partial charge in [0.1, 0.15) is 5.82 Å². The van der Waals surface area contributed by atoms with Gasteiger partial charge in [0, 0.05) is 22.5 Å². The summed E-state index contributed by atoms with van der Waals surface area (Å²) >= 11 is 5.65. The number of fused-ring (bicyclic) bond motifs is 1. The lowest BCUT2D eigenvalue weighted by molar-refractivity contribution is 0.547. The Bertz CT molecular complexity index is 1120. The molecule has 0 unspecified atom stereocenters. The van der Waals surface area contributed by atoms with Crippen LogP contribution in [-0.4, -0.2) is 24.7 Å². The Morgan fingerprint density at radius 1 is 1.19 bits per heavy atom. The van der Waals surface area contributed by atoms with E-state index in [0.717, 1.165) is 6.07 Å². The smallest absolute Gasteiger partial charge is 0.267 e. The van der Waals surface area contributed by atoms with Crippen molar-refractivity contribution in [3.63, 3.8) is 0 Å². The normalized spacial score (nSPS) is 11.8. The summed E-state index contributed by atoms with van der Waals surface area (Å²) < 4.78 is 41.5. The molecule has 1 aromatic heterocycles. The van der Waals surface area contributed by atoms with Crippen LogP contribution in [0.15, 0.2) is 53.5 Å². The third-order valence-corrected chi connectivity index (χ3v) is 5.34. The fourth-order valence-corrected chi connectivity index (χ4v) is 3.80. The monoisotopic (exact) mass is 395 g/mol. The number of hydrogen-bond donors (Lipinski definition) is 1. The summed E-state index contributed by atoms with van der Waals surface area (Å²) in [7, 11) is -3.77. The van der Waals surface area contributed by atoms with Crippen LogP contribution in [0.25, 0.3) is 10.8 Å². The molecule has 0 spiro atoms. The molecular formula is C17H15ClFN3O3S. The van der Waals surface area contributed by atoms with E-state index in [0.29, 0.717) is 10.8 Å². The maximum absolute atomic E-state index is 13.7. The zero-order valence-corrected chi connectivity index (χ0v) is 15.1. The molecule has 0 aliphatic heterocycles. The molecule has 9 heteroatoms. The fraction of sp³-hybridized carbons (Fsp3) is 0.176. The number of nitrogens with zero attached hydrogens (tertiary/aromatic N) is 2. The predicted octanol–water partition coefficient (Wildman–Crippen LogP) is 2.31. The van der Waals surface area contributed by atoms with Gasteiger partial charge in [-0.05, 0) is 18.2 Å². The van der Waals surface area contributed by atoms with Crippen molar-refractivity contribution in [1.82, 2.24) is 14.5 Å². The number of hydrogen-bond acceptors (Lipinski definition) is 4.